The molecule has 2 fully saturated rings. The number of alkyl carbamates (subject to hydrolysis) is 1. The van der Waals surface area contributed by atoms with E-state index in [0.717, 1.165) is 50.6 Å². The minimum atomic E-state index is -1.14. The van der Waals surface area contributed by atoms with E-state index in [1.807, 2.05) is 5.32 Å². The molecule has 2 aliphatic rings. The third-order valence-electron chi connectivity index (χ3n) is 5.06. The van der Waals surface area contributed by atoms with Gasteiger partial charge in [-0.25, -0.2) is 13.6 Å². The third-order valence-corrected chi connectivity index (χ3v) is 5.06. The Kier molecular flexibility index (Phi) is 5.63. The van der Waals surface area contributed by atoms with E-state index in [0.29, 0.717) is 6.04 Å². The molecule has 2 saturated heterocycles. The summed E-state index contributed by atoms with van der Waals surface area (Å²) in [6.07, 6.45) is 4.54. The van der Waals surface area contributed by atoms with Crippen LogP contribution in [0.4, 0.5) is 13.6 Å². The molecule has 2 atom stereocenters. The van der Waals surface area contributed by atoms with Gasteiger partial charge in [0.05, 0.1) is 6.61 Å². The fraction of sp³-hybridized carbons (Fsp3) is 0.556. The van der Waals surface area contributed by atoms with E-state index in [9.17, 15) is 18.4 Å². The minimum Gasteiger partial charge on any atom is -0.449 e. The van der Waals surface area contributed by atoms with Gasteiger partial charge >= 0.3 is 6.09 Å². The number of carbonyl (C=O) groups excluding carboxylic acids is 2. The second-order valence-electron chi connectivity index (χ2n) is 6.65. The summed E-state index contributed by atoms with van der Waals surface area (Å²) in [5.74, 6) is -2.94. The number of halogens is 2. The number of hydrogen-bond acceptors (Lipinski definition) is 4. The lowest BCUT2D eigenvalue weighted by Crippen LogP contribution is -2.49. The van der Waals surface area contributed by atoms with E-state index in [2.05, 4.69) is 4.90 Å². The number of ether oxygens (including phenoxy) is 1. The van der Waals surface area contributed by atoms with E-state index < -0.39 is 29.2 Å². The smallest absolute Gasteiger partial charge is 0.414 e. The average molecular weight is 352 g/mol. The summed E-state index contributed by atoms with van der Waals surface area (Å²) in [5, 5.41) is 1.90. The van der Waals surface area contributed by atoms with E-state index in [1.54, 1.807) is 0 Å². The second kappa shape index (κ2) is 7.91. The number of nitrogens with zero attached hydrogens (tertiary/aromatic N) is 1. The summed E-state index contributed by atoms with van der Waals surface area (Å²) in [7, 11) is 0. The van der Waals surface area contributed by atoms with E-state index >= 15 is 0 Å². The molecule has 25 heavy (non-hydrogen) atoms. The van der Waals surface area contributed by atoms with Crippen LogP contribution in [0.25, 0.3) is 0 Å². The van der Waals surface area contributed by atoms with Crippen LogP contribution in [-0.2, 0) is 4.74 Å². The number of amides is 2. The van der Waals surface area contributed by atoms with Gasteiger partial charge in [0, 0.05) is 12.0 Å². The van der Waals surface area contributed by atoms with Gasteiger partial charge in [-0.05, 0) is 50.9 Å². The highest BCUT2D eigenvalue weighted by Crippen LogP contribution is 2.30. The summed E-state index contributed by atoms with van der Waals surface area (Å²) in [6, 6.07) is 3.49. The van der Waals surface area contributed by atoms with Gasteiger partial charge in [-0.1, -0.05) is 12.5 Å². The van der Waals surface area contributed by atoms with Crippen molar-refractivity contribution < 1.29 is 23.1 Å². The molecule has 0 aromatic heterocycles. The van der Waals surface area contributed by atoms with Crippen molar-refractivity contribution in [3.63, 3.8) is 0 Å². The number of carbonyl (C=O) groups is 2. The van der Waals surface area contributed by atoms with Crippen molar-refractivity contribution in [2.45, 2.75) is 38.1 Å². The van der Waals surface area contributed by atoms with Crippen LogP contribution in [0.15, 0.2) is 18.2 Å². The Hall–Kier alpha value is -2.02. The number of rotatable bonds is 3. The molecule has 0 radical (unpaired) electrons. The molecule has 1 N–H and O–H groups in total. The third kappa shape index (κ3) is 4.15. The Bertz CT molecular complexity index is 631. The molecule has 1 aromatic carbocycles. The van der Waals surface area contributed by atoms with Crippen molar-refractivity contribution in [1.29, 1.82) is 0 Å². The molecule has 0 aliphatic carbocycles. The number of fused-ring (bicyclic) bond motifs is 1. The molecule has 7 heteroatoms. The summed E-state index contributed by atoms with van der Waals surface area (Å²) in [4.78, 5) is 26.2. The molecule has 0 spiro atoms. The SMILES string of the molecule is O=C(NC(=O)c1c(F)cccc1F)OCC1CCCN2CCCCC12. The second-order valence-corrected chi connectivity index (χ2v) is 6.65. The van der Waals surface area contributed by atoms with Crippen LogP contribution in [0.3, 0.4) is 0 Å². The molecule has 0 bridgehead atoms. The number of nitrogens with one attached hydrogen (secondary N) is 1. The quantitative estimate of drug-likeness (QED) is 0.908. The molecular weight excluding hydrogens is 330 g/mol. The lowest BCUT2D eigenvalue weighted by molar-refractivity contribution is 0.0234. The maximum atomic E-state index is 13.6. The molecule has 2 unspecified atom stereocenters. The first-order valence-electron chi connectivity index (χ1n) is 8.72. The first-order valence-corrected chi connectivity index (χ1v) is 8.72. The molecule has 2 amide bonds. The minimum absolute atomic E-state index is 0.208. The van der Waals surface area contributed by atoms with E-state index in [4.69, 9.17) is 4.74 Å². The molecule has 2 heterocycles. The average Bonchev–Trinajstić information content (AvgIpc) is 2.59. The Morgan fingerprint density at radius 1 is 1.12 bits per heavy atom. The monoisotopic (exact) mass is 352 g/mol. The van der Waals surface area contributed by atoms with Gasteiger partial charge in [-0.3, -0.25) is 15.0 Å². The van der Waals surface area contributed by atoms with Gasteiger partial charge in [0.15, 0.2) is 0 Å². The maximum absolute atomic E-state index is 13.6. The topological polar surface area (TPSA) is 58.6 Å². The number of piperidine rings is 2. The van der Waals surface area contributed by atoms with Crippen molar-refractivity contribution in [2.75, 3.05) is 19.7 Å². The van der Waals surface area contributed by atoms with Crippen LogP contribution in [0.1, 0.15) is 42.5 Å². The lowest BCUT2D eigenvalue weighted by Gasteiger charge is -2.44. The van der Waals surface area contributed by atoms with Gasteiger partial charge < -0.3 is 4.74 Å². The van der Waals surface area contributed by atoms with Crippen LogP contribution >= 0.6 is 0 Å². The summed E-state index contributed by atoms with van der Waals surface area (Å²) in [6.45, 7) is 2.37. The molecule has 1 aromatic rings. The van der Waals surface area contributed by atoms with E-state index in [-0.39, 0.29) is 12.5 Å². The Balaban J connectivity index is 1.53. The molecule has 0 saturated carbocycles. The van der Waals surface area contributed by atoms with Gasteiger partial charge in [-0.2, -0.15) is 0 Å². The van der Waals surface area contributed by atoms with E-state index in [1.165, 1.54) is 12.8 Å². The van der Waals surface area contributed by atoms with Crippen LogP contribution < -0.4 is 5.32 Å². The molecule has 136 valence electrons. The van der Waals surface area contributed by atoms with Gasteiger partial charge in [0.1, 0.15) is 17.2 Å². The molecule has 5 nitrogen and oxygen atoms in total. The van der Waals surface area contributed by atoms with Crippen molar-refractivity contribution in [3.8, 4) is 0 Å². The Labute approximate surface area is 145 Å². The highest BCUT2D eigenvalue weighted by atomic mass is 19.1. The largest absolute Gasteiger partial charge is 0.449 e. The van der Waals surface area contributed by atoms with Gasteiger partial charge in [0.2, 0.25) is 0 Å². The van der Waals surface area contributed by atoms with Crippen molar-refractivity contribution in [2.24, 2.45) is 5.92 Å². The molecule has 2 aliphatic heterocycles. The lowest BCUT2D eigenvalue weighted by atomic mass is 9.84. The van der Waals surface area contributed by atoms with Crippen molar-refractivity contribution in [1.82, 2.24) is 10.2 Å². The zero-order valence-electron chi connectivity index (χ0n) is 14.0. The van der Waals surface area contributed by atoms with Crippen LogP contribution in [0.5, 0.6) is 0 Å². The standard InChI is InChI=1S/C18H22F2N2O3/c19-13-6-3-7-14(20)16(13)17(23)21-18(24)25-11-12-5-4-10-22-9-2-1-8-15(12)22/h3,6-7,12,15H,1-2,4-5,8-11H2,(H,21,23,24). The predicted octanol–water partition coefficient (Wildman–Crippen LogP) is 3.10. The first-order chi connectivity index (χ1) is 12.1. The number of imide groups is 1. The highest BCUT2D eigenvalue weighted by Gasteiger charge is 2.33. The first kappa shape index (κ1) is 17.8. The number of benzene rings is 1. The molecular formula is C18H22F2N2O3. The summed E-state index contributed by atoms with van der Waals surface area (Å²) >= 11 is 0. The zero-order chi connectivity index (χ0) is 17.8. The fourth-order valence-electron chi connectivity index (χ4n) is 3.86. The summed E-state index contributed by atoms with van der Waals surface area (Å²) < 4.78 is 32.3. The van der Waals surface area contributed by atoms with Crippen LogP contribution in [-0.4, -0.2) is 42.6 Å². The number of hydrogen-bond donors (Lipinski definition) is 1. The van der Waals surface area contributed by atoms with Crippen molar-refractivity contribution >= 4 is 12.0 Å². The predicted molar refractivity (Wildman–Crippen MR) is 87.1 cm³/mol. The summed E-state index contributed by atoms with van der Waals surface area (Å²) in [5.41, 5.74) is -0.782. The van der Waals surface area contributed by atoms with Gasteiger partial charge in [-0.15, -0.1) is 0 Å². The Morgan fingerprint density at radius 3 is 2.60 bits per heavy atom. The zero-order valence-corrected chi connectivity index (χ0v) is 14.0. The molecule has 3 rings (SSSR count). The maximum Gasteiger partial charge on any atom is 0.414 e. The fourth-order valence-corrected chi connectivity index (χ4v) is 3.86. The highest BCUT2D eigenvalue weighted by molar-refractivity contribution is 6.03. The van der Waals surface area contributed by atoms with Crippen LogP contribution in [0.2, 0.25) is 0 Å². The van der Waals surface area contributed by atoms with Crippen LogP contribution in [0, 0.1) is 17.6 Å². The normalized spacial score (nSPS) is 23.6. The Morgan fingerprint density at radius 2 is 1.84 bits per heavy atom. The van der Waals surface area contributed by atoms with Gasteiger partial charge in [0.25, 0.3) is 5.91 Å². The van der Waals surface area contributed by atoms with Crippen molar-refractivity contribution in [3.05, 3.63) is 35.4 Å².